The molecule has 0 spiro atoms. The van der Waals surface area contributed by atoms with Gasteiger partial charge in [-0.05, 0) is 6.42 Å². The maximum atomic E-state index is 11.2. The topological polar surface area (TPSA) is 34.1 Å². The minimum absolute atomic E-state index is 0.236. The van der Waals surface area contributed by atoms with Crippen molar-refractivity contribution in [1.82, 2.24) is 0 Å². The van der Waals surface area contributed by atoms with Gasteiger partial charge in [0.05, 0.1) is 0 Å². The molecule has 2 nitrogen and oxygen atoms in total. The van der Waals surface area contributed by atoms with E-state index in [1.165, 1.54) is 0 Å². The molecule has 2 heteroatoms. The Kier molecular flexibility index (Phi) is 4.01. The molecule has 0 amide bonds. The summed E-state index contributed by atoms with van der Waals surface area (Å²) in [6, 6.07) is 0. The number of rotatable bonds is 4. The lowest BCUT2D eigenvalue weighted by Crippen LogP contribution is -2.19. The summed E-state index contributed by atoms with van der Waals surface area (Å²) in [5.41, 5.74) is -0.247. The predicted molar refractivity (Wildman–Crippen MR) is 44.4 cm³/mol. The minimum atomic E-state index is -0.247. The second-order valence-corrected chi connectivity index (χ2v) is 3.73. The molecule has 0 bridgehead atoms. The molecule has 0 aromatic heterocycles. The highest BCUT2D eigenvalue weighted by Crippen LogP contribution is 2.17. The van der Waals surface area contributed by atoms with Gasteiger partial charge >= 0.3 is 0 Å². The molecule has 0 aliphatic rings. The molecule has 0 aliphatic heterocycles. The Morgan fingerprint density at radius 3 is 2.27 bits per heavy atom. The van der Waals surface area contributed by atoms with Gasteiger partial charge in [0.2, 0.25) is 0 Å². The Hall–Kier alpha value is -0.660. The van der Waals surface area contributed by atoms with E-state index < -0.39 is 0 Å². The van der Waals surface area contributed by atoms with Gasteiger partial charge in [0.25, 0.3) is 0 Å². The highest BCUT2D eigenvalue weighted by Gasteiger charge is 2.19. The number of aldehydes is 1. The summed E-state index contributed by atoms with van der Waals surface area (Å²) in [5.74, 6) is 0.236. The fourth-order valence-corrected chi connectivity index (χ4v) is 0.721. The minimum Gasteiger partial charge on any atom is -0.303 e. The van der Waals surface area contributed by atoms with Crippen LogP contribution in [0.3, 0.4) is 0 Å². The monoisotopic (exact) mass is 156 g/mol. The van der Waals surface area contributed by atoms with Crippen LogP contribution in [-0.4, -0.2) is 12.1 Å². The van der Waals surface area contributed by atoms with Crippen LogP contribution in [0, 0.1) is 5.41 Å². The van der Waals surface area contributed by atoms with E-state index in [0.29, 0.717) is 19.3 Å². The van der Waals surface area contributed by atoms with Crippen molar-refractivity contribution in [3.63, 3.8) is 0 Å². The van der Waals surface area contributed by atoms with Crippen molar-refractivity contribution in [2.45, 2.75) is 40.0 Å². The van der Waals surface area contributed by atoms with Gasteiger partial charge in [0, 0.05) is 18.3 Å². The number of ketones is 1. The summed E-state index contributed by atoms with van der Waals surface area (Å²) in [7, 11) is 0. The van der Waals surface area contributed by atoms with E-state index in [9.17, 15) is 9.59 Å². The summed E-state index contributed by atoms with van der Waals surface area (Å²) >= 11 is 0. The third kappa shape index (κ3) is 4.71. The van der Waals surface area contributed by atoms with Crippen LogP contribution in [0.5, 0.6) is 0 Å². The van der Waals surface area contributed by atoms with Gasteiger partial charge in [-0.25, -0.2) is 0 Å². The summed E-state index contributed by atoms with van der Waals surface area (Å²) in [4.78, 5) is 21.1. The SMILES string of the molecule is CC(C)(C)C(=O)CCCC=O. The fourth-order valence-electron chi connectivity index (χ4n) is 0.721. The first-order valence-corrected chi connectivity index (χ1v) is 3.95. The van der Waals surface area contributed by atoms with Crippen LogP contribution in [0.15, 0.2) is 0 Å². The molecule has 0 aromatic carbocycles. The number of carbonyl (C=O) groups is 2. The lowest BCUT2D eigenvalue weighted by Gasteiger charge is -2.15. The second kappa shape index (κ2) is 4.27. The van der Waals surface area contributed by atoms with Gasteiger partial charge in [-0.2, -0.15) is 0 Å². The largest absolute Gasteiger partial charge is 0.303 e. The van der Waals surface area contributed by atoms with Gasteiger partial charge in [0.1, 0.15) is 12.1 Å². The van der Waals surface area contributed by atoms with Crippen molar-refractivity contribution in [2.75, 3.05) is 0 Å². The standard InChI is InChI=1S/C9H16O2/c1-9(2,3)8(11)6-4-5-7-10/h7H,4-6H2,1-3H3. The summed E-state index contributed by atoms with van der Waals surface area (Å²) in [6.45, 7) is 5.70. The van der Waals surface area contributed by atoms with E-state index >= 15 is 0 Å². The first-order chi connectivity index (χ1) is 4.98. The Bertz CT molecular complexity index is 142. The third-order valence-electron chi connectivity index (χ3n) is 1.56. The van der Waals surface area contributed by atoms with E-state index in [1.54, 1.807) is 0 Å². The highest BCUT2D eigenvalue weighted by molar-refractivity contribution is 5.83. The van der Waals surface area contributed by atoms with E-state index in [0.717, 1.165) is 6.29 Å². The second-order valence-electron chi connectivity index (χ2n) is 3.73. The van der Waals surface area contributed by atoms with Crippen molar-refractivity contribution >= 4 is 12.1 Å². The number of hydrogen-bond acceptors (Lipinski definition) is 2. The molecule has 64 valence electrons. The van der Waals surface area contributed by atoms with Gasteiger partial charge in [0.15, 0.2) is 0 Å². The van der Waals surface area contributed by atoms with Crippen LogP contribution in [0.25, 0.3) is 0 Å². The molecule has 0 saturated heterocycles. The molecule has 0 saturated carbocycles. The first kappa shape index (κ1) is 10.3. The summed E-state index contributed by atoms with van der Waals surface area (Å²) in [6.07, 6.45) is 2.58. The number of hydrogen-bond donors (Lipinski definition) is 0. The Morgan fingerprint density at radius 2 is 1.91 bits per heavy atom. The van der Waals surface area contributed by atoms with Crippen LogP contribution in [0.2, 0.25) is 0 Å². The number of unbranched alkanes of at least 4 members (excludes halogenated alkanes) is 1. The van der Waals surface area contributed by atoms with Gasteiger partial charge in [-0.15, -0.1) is 0 Å². The van der Waals surface area contributed by atoms with Crippen LogP contribution >= 0.6 is 0 Å². The molecule has 0 radical (unpaired) electrons. The van der Waals surface area contributed by atoms with E-state index in [2.05, 4.69) is 0 Å². The summed E-state index contributed by atoms with van der Waals surface area (Å²) in [5, 5.41) is 0. The van der Waals surface area contributed by atoms with Crippen LogP contribution < -0.4 is 0 Å². The zero-order valence-electron chi connectivity index (χ0n) is 7.52. The molecule has 0 heterocycles. The molecular weight excluding hydrogens is 140 g/mol. The van der Waals surface area contributed by atoms with Gasteiger partial charge in [-0.3, -0.25) is 4.79 Å². The molecule has 0 atom stereocenters. The Balaban J connectivity index is 3.62. The average molecular weight is 156 g/mol. The molecule has 0 aromatic rings. The van der Waals surface area contributed by atoms with Gasteiger partial charge in [-0.1, -0.05) is 20.8 Å². The molecule has 0 unspecified atom stereocenters. The average Bonchev–Trinajstić information content (AvgIpc) is 1.86. The van der Waals surface area contributed by atoms with Crippen LogP contribution in [-0.2, 0) is 9.59 Å². The van der Waals surface area contributed by atoms with Gasteiger partial charge < -0.3 is 4.79 Å². The van der Waals surface area contributed by atoms with E-state index in [1.807, 2.05) is 20.8 Å². The highest BCUT2D eigenvalue weighted by atomic mass is 16.1. The zero-order valence-corrected chi connectivity index (χ0v) is 7.52. The molecule has 0 rings (SSSR count). The van der Waals surface area contributed by atoms with E-state index in [4.69, 9.17) is 0 Å². The van der Waals surface area contributed by atoms with Crippen LogP contribution in [0.1, 0.15) is 40.0 Å². The number of carbonyl (C=O) groups excluding carboxylic acids is 2. The van der Waals surface area contributed by atoms with Crippen molar-refractivity contribution in [1.29, 1.82) is 0 Å². The Morgan fingerprint density at radius 1 is 1.36 bits per heavy atom. The van der Waals surface area contributed by atoms with Crippen molar-refractivity contribution < 1.29 is 9.59 Å². The molecule has 0 N–H and O–H groups in total. The third-order valence-corrected chi connectivity index (χ3v) is 1.56. The van der Waals surface area contributed by atoms with Crippen LogP contribution in [0.4, 0.5) is 0 Å². The number of Topliss-reactive ketones (excluding diaryl/α,β-unsaturated/α-hetero) is 1. The normalized spacial score (nSPS) is 11.2. The maximum absolute atomic E-state index is 11.2. The molecule has 0 aliphatic carbocycles. The molecular formula is C9H16O2. The fraction of sp³-hybridized carbons (Fsp3) is 0.778. The molecule has 0 fully saturated rings. The van der Waals surface area contributed by atoms with E-state index in [-0.39, 0.29) is 11.2 Å². The lowest BCUT2D eigenvalue weighted by atomic mass is 9.88. The van der Waals surface area contributed by atoms with Crippen molar-refractivity contribution in [2.24, 2.45) is 5.41 Å². The first-order valence-electron chi connectivity index (χ1n) is 3.95. The molecule has 11 heavy (non-hydrogen) atoms. The summed E-state index contributed by atoms with van der Waals surface area (Å²) < 4.78 is 0. The lowest BCUT2D eigenvalue weighted by molar-refractivity contribution is -0.126. The zero-order chi connectivity index (χ0) is 8.91. The van der Waals surface area contributed by atoms with Crippen molar-refractivity contribution in [3.05, 3.63) is 0 Å². The predicted octanol–water partition coefficient (Wildman–Crippen LogP) is 1.97. The maximum Gasteiger partial charge on any atom is 0.138 e. The van der Waals surface area contributed by atoms with Crippen molar-refractivity contribution in [3.8, 4) is 0 Å². The smallest absolute Gasteiger partial charge is 0.138 e. The quantitative estimate of drug-likeness (QED) is 0.460. The Labute approximate surface area is 68.0 Å².